The highest BCUT2D eigenvalue weighted by Gasteiger charge is 2.06. The Kier molecular flexibility index (Phi) is 6.29. The molecule has 2 N–H and O–H groups in total. The number of benzene rings is 1. The summed E-state index contributed by atoms with van der Waals surface area (Å²) in [6.07, 6.45) is 1.07. The molecular weight excluding hydrogens is 310 g/mol. The number of hydrogen-bond donors (Lipinski definition) is 2. The van der Waals surface area contributed by atoms with Crippen LogP contribution in [0, 0.1) is 0 Å². The molecule has 1 aromatic carbocycles. The van der Waals surface area contributed by atoms with Crippen LogP contribution in [-0.2, 0) is 13.0 Å². The van der Waals surface area contributed by atoms with Gasteiger partial charge in [-0.15, -0.1) is 11.3 Å². The molecule has 2 rings (SSSR count). The van der Waals surface area contributed by atoms with Crippen molar-refractivity contribution in [1.82, 2.24) is 5.32 Å². The number of thiophene rings is 1. The van der Waals surface area contributed by atoms with Crippen LogP contribution in [0.1, 0.15) is 16.7 Å². The van der Waals surface area contributed by atoms with Crippen LogP contribution >= 0.6 is 11.3 Å². The van der Waals surface area contributed by atoms with Crippen LogP contribution in [0.3, 0.4) is 0 Å². The molecule has 1 heterocycles. The normalized spacial score (nSPS) is 11.2. The van der Waals surface area contributed by atoms with E-state index in [1.807, 2.05) is 29.5 Å². The molecule has 0 aliphatic heterocycles. The van der Waals surface area contributed by atoms with Crippen LogP contribution in [0.15, 0.2) is 35.3 Å². The monoisotopic (exact) mass is 333 g/mol. The van der Waals surface area contributed by atoms with E-state index < -0.39 is 0 Å². The van der Waals surface area contributed by atoms with Gasteiger partial charge in [0, 0.05) is 28.6 Å². The van der Waals surface area contributed by atoms with Gasteiger partial charge in [0.2, 0.25) is 0 Å². The zero-order chi connectivity index (χ0) is 16.7. The van der Waals surface area contributed by atoms with Crippen molar-refractivity contribution in [3.05, 3.63) is 40.1 Å². The zero-order valence-corrected chi connectivity index (χ0v) is 14.8. The predicted molar refractivity (Wildman–Crippen MR) is 97.1 cm³/mol. The first-order valence-corrected chi connectivity index (χ1v) is 8.29. The van der Waals surface area contributed by atoms with E-state index in [2.05, 4.69) is 34.7 Å². The smallest absolute Gasteiger partial charge is 0.195 e. The summed E-state index contributed by atoms with van der Waals surface area (Å²) in [6.45, 7) is 2.91. The molecule has 0 fully saturated rings. The average Bonchev–Trinajstić information content (AvgIpc) is 3.06. The van der Waals surface area contributed by atoms with Crippen LogP contribution in [0.2, 0.25) is 0 Å². The summed E-state index contributed by atoms with van der Waals surface area (Å²) in [5.41, 5.74) is 0.885. The third kappa shape index (κ3) is 4.63. The Morgan fingerprint density at radius 3 is 2.43 bits per heavy atom. The Hall–Kier alpha value is -2.21. The van der Waals surface area contributed by atoms with Gasteiger partial charge in [-0.25, -0.2) is 0 Å². The molecule has 0 unspecified atom stereocenters. The molecule has 0 saturated carbocycles. The molecule has 0 saturated heterocycles. The SMILES string of the molecule is CCc1ccc(CNC(=NC)Nc2ccc(OC)c(OC)c2)s1. The summed E-state index contributed by atoms with van der Waals surface area (Å²) in [4.78, 5) is 6.93. The Labute approximate surface area is 141 Å². The van der Waals surface area contributed by atoms with Crippen molar-refractivity contribution < 1.29 is 9.47 Å². The minimum atomic E-state index is 0.679. The maximum absolute atomic E-state index is 5.31. The van der Waals surface area contributed by atoms with Crippen molar-refractivity contribution in [2.45, 2.75) is 19.9 Å². The van der Waals surface area contributed by atoms with Crippen molar-refractivity contribution in [2.75, 3.05) is 26.6 Å². The Morgan fingerprint density at radius 1 is 1.09 bits per heavy atom. The number of guanidine groups is 1. The van der Waals surface area contributed by atoms with Crippen molar-refractivity contribution in [3.8, 4) is 11.5 Å². The second-order valence-corrected chi connectivity index (χ2v) is 6.09. The molecule has 0 aliphatic rings. The van der Waals surface area contributed by atoms with Crippen LogP contribution in [0.4, 0.5) is 5.69 Å². The maximum atomic E-state index is 5.31. The van der Waals surface area contributed by atoms with Crippen LogP contribution in [0.5, 0.6) is 11.5 Å². The highest BCUT2D eigenvalue weighted by atomic mass is 32.1. The van der Waals surface area contributed by atoms with E-state index in [9.17, 15) is 0 Å². The highest BCUT2D eigenvalue weighted by Crippen LogP contribution is 2.29. The number of aryl methyl sites for hydroxylation is 1. The second kappa shape index (κ2) is 8.43. The zero-order valence-electron chi connectivity index (χ0n) is 14.0. The largest absolute Gasteiger partial charge is 0.493 e. The summed E-state index contributed by atoms with van der Waals surface area (Å²) in [5.74, 6) is 2.09. The van der Waals surface area contributed by atoms with Gasteiger partial charge in [-0.2, -0.15) is 0 Å². The molecule has 5 nitrogen and oxygen atoms in total. The van der Waals surface area contributed by atoms with Crippen LogP contribution in [0.25, 0.3) is 0 Å². The standard InChI is InChI=1S/C17H23N3O2S/c1-5-13-7-8-14(23-13)11-19-17(18-2)20-12-6-9-15(21-3)16(10-12)22-4/h6-10H,5,11H2,1-4H3,(H2,18,19,20). The fourth-order valence-electron chi connectivity index (χ4n) is 2.11. The van der Waals surface area contributed by atoms with E-state index in [0.717, 1.165) is 18.7 Å². The minimum Gasteiger partial charge on any atom is -0.493 e. The molecule has 6 heteroatoms. The molecule has 124 valence electrons. The van der Waals surface area contributed by atoms with Gasteiger partial charge in [0.25, 0.3) is 0 Å². The van der Waals surface area contributed by atoms with Gasteiger partial charge in [-0.3, -0.25) is 4.99 Å². The van der Waals surface area contributed by atoms with Gasteiger partial charge in [-0.1, -0.05) is 6.92 Å². The van der Waals surface area contributed by atoms with Gasteiger partial charge in [0.05, 0.1) is 20.8 Å². The Bertz CT molecular complexity index is 668. The lowest BCUT2D eigenvalue weighted by Crippen LogP contribution is -2.29. The molecule has 0 atom stereocenters. The predicted octanol–water partition coefficient (Wildman–Crippen LogP) is 3.52. The molecule has 2 aromatic rings. The number of hydrogen-bond acceptors (Lipinski definition) is 4. The third-order valence-electron chi connectivity index (χ3n) is 3.37. The molecule has 23 heavy (non-hydrogen) atoms. The van der Waals surface area contributed by atoms with Gasteiger partial charge in [0.1, 0.15) is 0 Å². The van der Waals surface area contributed by atoms with Crippen LogP contribution < -0.4 is 20.1 Å². The average molecular weight is 333 g/mol. The van der Waals surface area contributed by atoms with E-state index in [4.69, 9.17) is 9.47 Å². The molecule has 0 bridgehead atoms. The molecule has 1 aromatic heterocycles. The van der Waals surface area contributed by atoms with Crippen molar-refractivity contribution in [3.63, 3.8) is 0 Å². The summed E-state index contributed by atoms with van der Waals surface area (Å²) in [6, 6.07) is 9.99. The highest BCUT2D eigenvalue weighted by molar-refractivity contribution is 7.11. The number of anilines is 1. The number of methoxy groups -OCH3 is 2. The van der Waals surface area contributed by atoms with Crippen molar-refractivity contribution in [1.29, 1.82) is 0 Å². The van der Waals surface area contributed by atoms with E-state index in [1.165, 1.54) is 9.75 Å². The summed E-state index contributed by atoms with van der Waals surface area (Å²) < 4.78 is 10.6. The van der Waals surface area contributed by atoms with Crippen LogP contribution in [-0.4, -0.2) is 27.2 Å². The number of nitrogens with zero attached hydrogens (tertiary/aromatic N) is 1. The fourth-order valence-corrected chi connectivity index (χ4v) is 3.01. The van der Waals surface area contributed by atoms with E-state index in [-0.39, 0.29) is 0 Å². The lowest BCUT2D eigenvalue weighted by Gasteiger charge is -2.13. The first-order chi connectivity index (χ1) is 11.2. The first kappa shape index (κ1) is 17.1. The molecular formula is C17H23N3O2S. The fraction of sp³-hybridized carbons (Fsp3) is 0.353. The lowest BCUT2D eigenvalue weighted by molar-refractivity contribution is 0.355. The summed E-state index contributed by atoms with van der Waals surface area (Å²) >= 11 is 1.82. The number of nitrogens with one attached hydrogen (secondary N) is 2. The second-order valence-electron chi connectivity index (χ2n) is 4.84. The summed E-state index contributed by atoms with van der Waals surface area (Å²) in [7, 11) is 5.00. The van der Waals surface area contributed by atoms with Crippen molar-refractivity contribution in [2.24, 2.45) is 4.99 Å². The Balaban J connectivity index is 1.99. The minimum absolute atomic E-state index is 0.679. The maximum Gasteiger partial charge on any atom is 0.195 e. The van der Waals surface area contributed by atoms with E-state index >= 15 is 0 Å². The molecule has 0 amide bonds. The van der Waals surface area contributed by atoms with Gasteiger partial charge in [-0.05, 0) is 30.7 Å². The summed E-state index contributed by atoms with van der Waals surface area (Å²) in [5, 5.41) is 6.57. The number of rotatable bonds is 6. The first-order valence-electron chi connectivity index (χ1n) is 7.47. The van der Waals surface area contributed by atoms with Gasteiger partial charge in [0.15, 0.2) is 17.5 Å². The molecule has 0 aliphatic carbocycles. The lowest BCUT2D eigenvalue weighted by atomic mass is 10.3. The van der Waals surface area contributed by atoms with E-state index in [0.29, 0.717) is 17.5 Å². The topological polar surface area (TPSA) is 54.9 Å². The molecule has 0 radical (unpaired) electrons. The molecule has 0 spiro atoms. The van der Waals surface area contributed by atoms with Crippen molar-refractivity contribution >= 4 is 23.0 Å². The van der Waals surface area contributed by atoms with Gasteiger partial charge >= 0.3 is 0 Å². The number of aliphatic imine (C=N–C) groups is 1. The third-order valence-corrected chi connectivity index (χ3v) is 4.60. The Morgan fingerprint density at radius 2 is 1.83 bits per heavy atom. The van der Waals surface area contributed by atoms with Gasteiger partial charge < -0.3 is 20.1 Å². The quantitative estimate of drug-likeness (QED) is 0.627. The van der Waals surface area contributed by atoms with E-state index in [1.54, 1.807) is 21.3 Å². The number of ether oxygens (including phenoxy) is 2.